The molecular weight excluding hydrogens is 218 g/mol. The summed E-state index contributed by atoms with van der Waals surface area (Å²) in [5.41, 5.74) is 0. The third kappa shape index (κ3) is 5.69. The van der Waals surface area contributed by atoms with Crippen molar-refractivity contribution in [1.29, 1.82) is 0 Å². The molecule has 2 N–H and O–H groups in total. The van der Waals surface area contributed by atoms with Crippen molar-refractivity contribution in [3.8, 4) is 0 Å². The first-order valence-electron chi connectivity index (χ1n) is 3.96. The minimum absolute atomic E-state index is 0.0419. The van der Waals surface area contributed by atoms with Gasteiger partial charge in [0.15, 0.2) is 0 Å². The van der Waals surface area contributed by atoms with Gasteiger partial charge in [0, 0.05) is 5.75 Å². The maximum atomic E-state index is 10.8. The molecule has 1 atom stereocenters. The molecule has 6 heteroatoms. The number of aliphatic carboxylic acids is 1. The van der Waals surface area contributed by atoms with E-state index in [1.807, 2.05) is 0 Å². The Kier molecular flexibility index (Phi) is 6.12. The fraction of sp³-hybridized carbons (Fsp3) is 0.222. The predicted molar refractivity (Wildman–Crippen MR) is 57.4 cm³/mol. The highest BCUT2D eigenvalue weighted by molar-refractivity contribution is 8.14. The Hall–Kier alpha value is -1.56. The van der Waals surface area contributed by atoms with E-state index in [0.29, 0.717) is 0 Å². The van der Waals surface area contributed by atoms with Crippen LogP contribution in [0.3, 0.4) is 0 Å². The van der Waals surface area contributed by atoms with Crippen LogP contribution in [0.15, 0.2) is 25.3 Å². The van der Waals surface area contributed by atoms with Gasteiger partial charge in [-0.25, -0.2) is 4.79 Å². The van der Waals surface area contributed by atoms with Gasteiger partial charge in [0.2, 0.25) is 11.0 Å². The lowest BCUT2D eigenvalue weighted by molar-refractivity contribution is -0.140. The molecule has 0 aromatic heterocycles. The first-order valence-corrected chi connectivity index (χ1v) is 4.94. The summed E-state index contributed by atoms with van der Waals surface area (Å²) in [7, 11) is 0. The van der Waals surface area contributed by atoms with E-state index in [4.69, 9.17) is 5.11 Å². The molecule has 0 aliphatic carbocycles. The number of carboxylic acids is 1. The average molecular weight is 229 g/mol. The van der Waals surface area contributed by atoms with Gasteiger partial charge in [0.05, 0.1) is 0 Å². The number of rotatable bonds is 6. The Morgan fingerprint density at radius 3 is 2.33 bits per heavy atom. The molecule has 1 amide bonds. The molecule has 0 aliphatic rings. The lowest BCUT2D eigenvalue weighted by Gasteiger charge is -2.11. The van der Waals surface area contributed by atoms with Gasteiger partial charge in [-0.2, -0.15) is 0 Å². The largest absolute Gasteiger partial charge is 0.480 e. The number of amides is 1. The van der Waals surface area contributed by atoms with Crippen molar-refractivity contribution in [2.45, 2.75) is 6.04 Å². The van der Waals surface area contributed by atoms with E-state index in [1.165, 1.54) is 0 Å². The molecule has 82 valence electrons. The third-order valence-corrected chi connectivity index (χ3v) is 2.31. The van der Waals surface area contributed by atoms with Gasteiger partial charge in [0.25, 0.3) is 0 Å². The fourth-order valence-corrected chi connectivity index (χ4v) is 1.30. The minimum atomic E-state index is -1.20. The minimum Gasteiger partial charge on any atom is -0.480 e. The molecule has 0 radical (unpaired) electrons. The van der Waals surface area contributed by atoms with Gasteiger partial charge in [0.1, 0.15) is 6.04 Å². The summed E-state index contributed by atoms with van der Waals surface area (Å²) in [5.74, 6) is -1.83. The smallest absolute Gasteiger partial charge is 0.327 e. The molecule has 0 heterocycles. The zero-order valence-corrected chi connectivity index (χ0v) is 8.75. The maximum absolute atomic E-state index is 10.8. The number of thioether (sulfide) groups is 1. The first kappa shape index (κ1) is 13.4. The zero-order valence-electron chi connectivity index (χ0n) is 7.93. The van der Waals surface area contributed by atoms with Gasteiger partial charge >= 0.3 is 5.97 Å². The number of carboxylic acid groups (broad SMARTS) is 1. The molecule has 0 fully saturated rings. The van der Waals surface area contributed by atoms with Gasteiger partial charge in [-0.3, -0.25) is 9.59 Å². The van der Waals surface area contributed by atoms with E-state index >= 15 is 0 Å². The van der Waals surface area contributed by atoms with Crippen LogP contribution in [0.4, 0.5) is 0 Å². The van der Waals surface area contributed by atoms with Crippen LogP contribution in [0.25, 0.3) is 0 Å². The normalized spacial score (nSPS) is 11.2. The second-order valence-corrected chi connectivity index (χ2v) is 3.46. The Bertz CT molecular complexity index is 300. The Morgan fingerprint density at radius 1 is 1.33 bits per heavy atom. The van der Waals surface area contributed by atoms with E-state index in [1.54, 1.807) is 0 Å². The number of nitrogens with one attached hydrogen (secondary N) is 1. The molecule has 5 nitrogen and oxygen atoms in total. The lowest BCUT2D eigenvalue weighted by atomic mass is 10.3. The molecular formula is C9H11NO4S. The van der Waals surface area contributed by atoms with Crippen LogP contribution in [-0.2, 0) is 14.4 Å². The van der Waals surface area contributed by atoms with E-state index in [-0.39, 0.29) is 10.9 Å². The highest BCUT2D eigenvalue weighted by atomic mass is 32.2. The van der Waals surface area contributed by atoms with Crippen molar-refractivity contribution in [3.63, 3.8) is 0 Å². The SMILES string of the molecule is C=CC(=O)N[C@@H](CSC(=O)C=C)C(=O)O. The summed E-state index contributed by atoms with van der Waals surface area (Å²) in [6, 6.07) is -1.11. The summed E-state index contributed by atoms with van der Waals surface area (Å²) in [6.45, 7) is 6.43. The molecule has 0 rings (SSSR count). The number of hydrogen-bond donors (Lipinski definition) is 2. The molecule has 0 saturated heterocycles. The molecule has 0 saturated carbocycles. The van der Waals surface area contributed by atoms with Crippen molar-refractivity contribution in [2.75, 3.05) is 5.75 Å². The van der Waals surface area contributed by atoms with Crippen LogP contribution in [0, 0.1) is 0 Å². The summed E-state index contributed by atoms with van der Waals surface area (Å²) >= 11 is 0.779. The van der Waals surface area contributed by atoms with Crippen LogP contribution in [0.2, 0.25) is 0 Å². The highest BCUT2D eigenvalue weighted by Crippen LogP contribution is 2.05. The Balaban J connectivity index is 4.22. The molecule has 0 aromatic rings. The predicted octanol–water partition coefficient (Wildman–Crippen LogP) is 0.188. The van der Waals surface area contributed by atoms with Gasteiger partial charge < -0.3 is 10.4 Å². The molecule has 15 heavy (non-hydrogen) atoms. The first-order chi connectivity index (χ1) is 7.01. The molecule has 0 unspecified atom stereocenters. The summed E-state index contributed by atoms with van der Waals surface area (Å²) in [5, 5.41) is 10.5. The Morgan fingerprint density at radius 2 is 1.93 bits per heavy atom. The lowest BCUT2D eigenvalue weighted by Crippen LogP contribution is -2.42. The summed E-state index contributed by atoms with van der Waals surface area (Å²) in [6.07, 6.45) is 2.05. The second kappa shape index (κ2) is 6.83. The quantitative estimate of drug-likeness (QED) is 0.635. The van der Waals surface area contributed by atoms with E-state index in [9.17, 15) is 14.4 Å². The Labute approximate surface area is 91.2 Å². The topological polar surface area (TPSA) is 83.5 Å². The molecule has 0 spiro atoms. The molecule has 0 aromatic carbocycles. The maximum Gasteiger partial charge on any atom is 0.327 e. The molecule has 0 aliphatic heterocycles. The van der Waals surface area contributed by atoms with Crippen LogP contribution in [0.5, 0.6) is 0 Å². The summed E-state index contributed by atoms with van der Waals surface area (Å²) in [4.78, 5) is 32.3. The average Bonchev–Trinajstić information content (AvgIpc) is 2.22. The fourth-order valence-electron chi connectivity index (χ4n) is 0.630. The third-order valence-electron chi connectivity index (χ3n) is 1.36. The highest BCUT2D eigenvalue weighted by Gasteiger charge is 2.19. The standard InChI is InChI=1S/C9H11NO4S/c1-3-7(11)10-6(9(13)14)5-15-8(12)4-2/h3-4,6H,1-2,5H2,(H,10,11)(H,13,14)/t6-/m0/s1. The van der Waals surface area contributed by atoms with E-state index in [2.05, 4.69) is 18.5 Å². The van der Waals surface area contributed by atoms with Crippen molar-refractivity contribution >= 4 is 28.8 Å². The van der Waals surface area contributed by atoms with Crippen molar-refractivity contribution < 1.29 is 19.5 Å². The van der Waals surface area contributed by atoms with Crippen molar-refractivity contribution in [1.82, 2.24) is 5.32 Å². The van der Waals surface area contributed by atoms with Gasteiger partial charge in [-0.1, -0.05) is 24.9 Å². The van der Waals surface area contributed by atoms with E-state index < -0.39 is 17.9 Å². The van der Waals surface area contributed by atoms with Crippen LogP contribution < -0.4 is 5.32 Å². The van der Waals surface area contributed by atoms with Crippen LogP contribution in [-0.4, -0.2) is 33.9 Å². The van der Waals surface area contributed by atoms with Crippen molar-refractivity contribution in [3.05, 3.63) is 25.3 Å². The second-order valence-electron chi connectivity index (χ2n) is 2.44. The number of carbonyl (C=O) groups is 3. The van der Waals surface area contributed by atoms with E-state index in [0.717, 1.165) is 23.9 Å². The number of carbonyl (C=O) groups excluding carboxylic acids is 2. The molecule has 0 bridgehead atoms. The van der Waals surface area contributed by atoms with Crippen LogP contribution in [0.1, 0.15) is 0 Å². The monoisotopic (exact) mass is 229 g/mol. The zero-order chi connectivity index (χ0) is 11.8. The summed E-state index contributed by atoms with van der Waals surface area (Å²) < 4.78 is 0. The van der Waals surface area contributed by atoms with Crippen LogP contribution >= 0.6 is 11.8 Å². The van der Waals surface area contributed by atoms with Gasteiger partial charge in [-0.15, -0.1) is 0 Å². The van der Waals surface area contributed by atoms with Crippen molar-refractivity contribution in [2.24, 2.45) is 0 Å². The number of hydrogen-bond acceptors (Lipinski definition) is 4. The van der Waals surface area contributed by atoms with Gasteiger partial charge in [-0.05, 0) is 12.2 Å².